The Balaban J connectivity index is 1.98. The molecule has 7 rings (SSSR count). The van der Waals surface area contributed by atoms with Crippen molar-refractivity contribution in [2.75, 3.05) is 0 Å². The van der Waals surface area contributed by atoms with Crippen LogP contribution in [0.15, 0.2) is 72.9 Å². The maximum atomic E-state index is 7.73. The van der Waals surface area contributed by atoms with Crippen LogP contribution in [0.3, 0.4) is 0 Å². The lowest BCUT2D eigenvalue weighted by Crippen LogP contribution is -2.29. The highest BCUT2D eigenvalue weighted by atomic mass is 15.0. The minimum absolute atomic E-state index is 0.702. The second kappa shape index (κ2) is 5.50. The van der Waals surface area contributed by atoms with Gasteiger partial charge in [0.2, 0.25) is 5.52 Å². The molecule has 0 radical (unpaired) electrons. The summed E-state index contributed by atoms with van der Waals surface area (Å²) in [5.74, 6) is 0. The predicted octanol–water partition coefficient (Wildman–Crippen LogP) is 6.83. The number of fused-ring (bicyclic) bond motifs is 7. The zero-order valence-electron chi connectivity index (χ0n) is 17.3. The van der Waals surface area contributed by atoms with Crippen molar-refractivity contribution in [2.24, 2.45) is 7.05 Å². The Labute approximate surface area is 178 Å². The van der Waals surface area contributed by atoms with Gasteiger partial charge in [-0.2, -0.15) is 0 Å². The third-order valence-corrected chi connectivity index (χ3v) is 6.88. The monoisotopic (exact) mass is 396 g/mol. The van der Waals surface area contributed by atoms with Crippen molar-refractivity contribution in [1.29, 1.82) is 0 Å². The largest absolute Gasteiger partial charge is 0.308 e. The number of rotatable bonds is 0. The first-order valence-corrected chi connectivity index (χ1v) is 10.5. The first-order valence-electron chi connectivity index (χ1n) is 10.5. The van der Waals surface area contributed by atoms with Crippen LogP contribution >= 0.6 is 0 Å². The summed E-state index contributed by atoms with van der Waals surface area (Å²) in [6.45, 7) is 9.93. The molecule has 0 saturated carbocycles. The fourth-order valence-electron chi connectivity index (χ4n) is 5.56. The standard InChI is InChI=1S/C28H18N3/c1-16-11-12-20-18-7-4-5-10-23(18)31-24-15-21-17(8-6-9-22(21)29-2)19-13-14-30(3)28(26(19)24)25(16)27(20)31/h4-15H,1,3H3/q+1. The van der Waals surface area contributed by atoms with E-state index in [4.69, 9.17) is 6.57 Å². The minimum Gasteiger partial charge on any atom is -0.308 e. The van der Waals surface area contributed by atoms with Gasteiger partial charge in [-0.15, -0.1) is 0 Å². The van der Waals surface area contributed by atoms with Gasteiger partial charge < -0.3 is 4.40 Å². The van der Waals surface area contributed by atoms with Crippen LogP contribution in [-0.2, 0) is 7.05 Å². The van der Waals surface area contributed by atoms with Gasteiger partial charge in [-0.1, -0.05) is 48.5 Å². The summed E-state index contributed by atoms with van der Waals surface area (Å²) in [5.41, 5.74) is 6.86. The van der Waals surface area contributed by atoms with Gasteiger partial charge in [0.15, 0.2) is 11.9 Å². The van der Waals surface area contributed by atoms with Crippen molar-refractivity contribution in [3.8, 4) is 0 Å². The predicted molar refractivity (Wildman–Crippen MR) is 128 cm³/mol. The molecule has 0 saturated heterocycles. The van der Waals surface area contributed by atoms with Crippen LogP contribution in [0.4, 0.5) is 5.69 Å². The molecule has 0 aliphatic rings. The number of hydrogen-bond acceptors (Lipinski definition) is 0. The summed E-state index contributed by atoms with van der Waals surface area (Å²) < 4.78 is 4.67. The van der Waals surface area contributed by atoms with Crippen molar-refractivity contribution in [1.82, 2.24) is 4.40 Å². The van der Waals surface area contributed by atoms with Crippen LogP contribution in [0.2, 0.25) is 0 Å². The molecule has 31 heavy (non-hydrogen) atoms. The lowest BCUT2D eigenvalue weighted by atomic mass is 9.96. The van der Waals surface area contributed by atoms with E-state index in [0.29, 0.717) is 5.69 Å². The van der Waals surface area contributed by atoms with E-state index in [9.17, 15) is 0 Å². The zero-order valence-corrected chi connectivity index (χ0v) is 17.3. The second-order valence-electron chi connectivity index (χ2n) is 8.45. The summed E-state index contributed by atoms with van der Waals surface area (Å²) in [4.78, 5) is 3.83. The molecule has 7 aromatic rings. The molecular weight excluding hydrogens is 378 g/mol. The number of nitrogens with zero attached hydrogens (tertiary/aromatic N) is 3. The molecule has 0 spiro atoms. The van der Waals surface area contributed by atoms with Crippen LogP contribution in [0, 0.1) is 13.5 Å². The molecule has 0 bridgehead atoms. The van der Waals surface area contributed by atoms with Gasteiger partial charge in [-0.05, 0) is 35.4 Å². The first kappa shape index (κ1) is 16.6. The summed E-state index contributed by atoms with van der Waals surface area (Å²) >= 11 is 0. The second-order valence-corrected chi connectivity index (χ2v) is 8.45. The Morgan fingerprint density at radius 3 is 2.48 bits per heavy atom. The highest BCUT2D eigenvalue weighted by molar-refractivity contribution is 6.30. The number of benzene rings is 4. The fraction of sp³-hybridized carbons (Fsp3) is 0.0714. The zero-order chi connectivity index (χ0) is 20.9. The van der Waals surface area contributed by atoms with Crippen LogP contribution in [0.5, 0.6) is 0 Å². The van der Waals surface area contributed by atoms with E-state index < -0.39 is 0 Å². The van der Waals surface area contributed by atoms with E-state index in [0.717, 1.165) is 16.3 Å². The molecule has 0 aliphatic heterocycles. The van der Waals surface area contributed by atoms with Crippen LogP contribution < -0.4 is 4.57 Å². The molecule has 3 nitrogen and oxygen atoms in total. The smallest absolute Gasteiger partial charge is 0.224 e. The molecule has 0 N–H and O–H groups in total. The minimum atomic E-state index is 0.702. The molecule has 0 atom stereocenters. The van der Waals surface area contributed by atoms with Crippen molar-refractivity contribution in [3.63, 3.8) is 0 Å². The molecule has 0 fully saturated rings. The topological polar surface area (TPSA) is 12.7 Å². The Morgan fingerprint density at radius 2 is 1.61 bits per heavy atom. The molecule has 4 aromatic carbocycles. The van der Waals surface area contributed by atoms with Crippen molar-refractivity contribution < 1.29 is 4.57 Å². The Hall–Kier alpha value is -4.16. The van der Waals surface area contributed by atoms with E-state index in [1.807, 2.05) is 12.1 Å². The Kier molecular flexibility index (Phi) is 2.95. The summed E-state index contributed by atoms with van der Waals surface area (Å²) in [7, 11) is 2.13. The number of hydrogen-bond donors (Lipinski definition) is 0. The van der Waals surface area contributed by atoms with Crippen molar-refractivity contribution >= 4 is 65.5 Å². The van der Waals surface area contributed by atoms with Crippen molar-refractivity contribution in [3.05, 3.63) is 89.9 Å². The normalized spacial score (nSPS) is 12.2. The third-order valence-electron chi connectivity index (χ3n) is 6.88. The van der Waals surface area contributed by atoms with E-state index in [2.05, 4.69) is 88.6 Å². The summed E-state index contributed by atoms with van der Waals surface area (Å²) in [6, 6.07) is 23.6. The SMILES string of the molecule is [C-]#[N+]c1cccc2c1cc1c3c2cc[n+](C)c3c2c(C)ccc3c4ccccc4n1c32. The maximum absolute atomic E-state index is 7.73. The van der Waals surface area contributed by atoms with Gasteiger partial charge >= 0.3 is 0 Å². The third kappa shape index (κ3) is 1.86. The van der Waals surface area contributed by atoms with Crippen LogP contribution in [0.25, 0.3) is 64.6 Å². The summed E-state index contributed by atoms with van der Waals surface area (Å²) in [5, 5.41) is 8.45. The molecule has 3 heterocycles. The highest BCUT2D eigenvalue weighted by Crippen LogP contribution is 2.43. The lowest BCUT2D eigenvalue weighted by Gasteiger charge is -2.15. The van der Waals surface area contributed by atoms with E-state index in [-0.39, 0.29) is 0 Å². The first-order chi connectivity index (χ1) is 15.2. The van der Waals surface area contributed by atoms with E-state index in [1.165, 1.54) is 49.0 Å². The summed E-state index contributed by atoms with van der Waals surface area (Å²) in [6.07, 6.45) is 2.15. The molecular formula is C28H18N3+. The number of aryl methyl sites for hydroxylation is 2. The van der Waals surface area contributed by atoms with E-state index >= 15 is 0 Å². The van der Waals surface area contributed by atoms with E-state index in [1.54, 1.807) is 0 Å². The van der Waals surface area contributed by atoms with Gasteiger partial charge in [-0.25, -0.2) is 9.41 Å². The number of aromatic nitrogens is 2. The van der Waals surface area contributed by atoms with Crippen LogP contribution in [-0.4, -0.2) is 4.40 Å². The fourth-order valence-corrected chi connectivity index (χ4v) is 5.56. The van der Waals surface area contributed by atoms with Crippen molar-refractivity contribution in [2.45, 2.75) is 6.92 Å². The van der Waals surface area contributed by atoms with Gasteiger partial charge in [0.05, 0.1) is 33.9 Å². The molecule has 0 amide bonds. The lowest BCUT2D eigenvalue weighted by molar-refractivity contribution is -0.643. The maximum Gasteiger partial charge on any atom is 0.224 e. The molecule has 0 aliphatic carbocycles. The average Bonchev–Trinajstić information content (AvgIpc) is 3.13. The molecule has 3 heteroatoms. The van der Waals surface area contributed by atoms with Gasteiger partial charge in [0, 0.05) is 22.2 Å². The highest BCUT2D eigenvalue weighted by Gasteiger charge is 2.24. The quantitative estimate of drug-likeness (QED) is 0.115. The van der Waals surface area contributed by atoms with Crippen LogP contribution in [0.1, 0.15) is 5.56 Å². The number of pyridine rings is 2. The average molecular weight is 396 g/mol. The molecule has 144 valence electrons. The molecule has 0 unspecified atom stereocenters. The number of para-hydroxylation sites is 1. The van der Waals surface area contributed by atoms with Gasteiger partial charge in [-0.3, -0.25) is 0 Å². The van der Waals surface area contributed by atoms with Gasteiger partial charge in [0.1, 0.15) is 7.05 Å². The molecule has 3 aromatic heterocycles. The van der Waals surface area contributed by atoms with Gasteiger partial charge in [0.25, 0.3) is 0 Å². The Morgan fingerprint density at radius 1 is 0.774 bits per heavy atom. The Bertz CT molecular complexity index is 1920.